The van der Waals surface area contributed by atoms with Gasteiger partial charge >= 0.3 is 0 Å². The highest BCUT2D eigenvalue weighted by molar-refractivity contribution is 7.22. The van der Waals surface area contributed by atoms with Gasteiger partial charge in [0.2, 0.25) is 0 Å². The van der Waals surface area contributed by atoms with Crippen molar-refractivity contribution in [2.75, 3.05) is 17.2 Å². The molecule has 29 heavy (non-hydrogen) atoms. The van der Waals surface area contributed by atoms with Crippen LogP contribution in [0.3, 0.4) is 0 Å². The molecule has 0 aliphatic carbocycles. The molecule has 3 aromatic rings. The van der Waals surface area contributed by atoms with Gasteiger partial charge < -0.3 is 15.4 Å². The fraction of sp³-hybridized carbons (Fsp3) is 0.200. The number of hydrogen-bond acceptors (Lipinski definition) is 7. The van der Waals surface area contributed by atoms with Gasteiger partial charge in [-0.3, -0.25) is 9.59 Å². The molecule has 2 aromatic carbocycles. The first-order chi connectivity index (χ1) is 14.0. The van der Waals surface area contributed by atoms with Crippen LogP contribution in [0, 0.1) is 0 Å². The lowest BCUT2D eigenvalue weighted by atomic mass is 10.1. The second kappa shape index (κ2) is 7.88. The van der Waals surface area contributed by atoms with Crippen LogP contribution in [-0.4, -0.2) is 35.2 Å². The van der Waals surface area contributed by atoms with Crippen molar-refractivity contribution in [1.29, 1.82) is 0 Å². The minimum Gasteiger partial charge on any atom is -0.482 e. The first-order valence-electron chi connectivity index (χ1n) is 9.03. The quantitative estimate of drug-likeness (QED) is 0.444. The summed E-state index contributed by atoms with van der Waals surface area (Å²) in [5.41, 5.74) is 5.42. The molecule has 0 fully saturated rings. The predicted octanol–water partition coefficient (Wildman–Crippen LogP) is 2.97. The van der Waals surface area contributed by atoms with Crippen LogP contribution in [0.5, 0.6) is 5.75 Å². The highest BCUT2D eigenvalue weighted by Crippen LogP contribution is 2.28. The maximum Gasteiger partial charge on any atom is 0.262 e. The number of carbonyl (C=O) groups is 2. The Hall–Kier alpha value is -3.46. The number of aromatic nitrogens is 1. The van der Waals surface area contributed by atoms with Crippen LogP contribution in [0.4, 0.5) is 10.8 Å². The number of hydrogen-bond donors (Lipinski definition) is 3. The molecule has 0 saturated heterocycles. The van der Waals surface area contributed by atoms with Crippen molar-refractivity contribution in [1.82, 2.24) is 10.4 Å². The zero-order valence-corrected chi connectivity index (χ0v) is 16.7. The van der Waals surface area contributed by atoms with E-state index in [0.717, 1.165) is 15.8 Å². The molecular weight excluding hydrogens is 390 g/mol. The number of hydrazone groups is 1. The molecule has 1 aliphatic rings. The Morgan fingerprint density at radius 1 is 1.31 bits per heavy atom. The second-order valence-corrected chi connectivity index (χ2v) is 7.60. The number of rotatable bonds is 5. The molecule has 0 bridgehead atoms. The number of amides is 2. The van der Waals surface area contributed by atoms with Crippen LogP contribution in [0.1, 0.15) is 19.4 Å². The van der Waals surface area contributed by atoms with Gasteiger partial charge in [-0.1, -0.05) is 23.5 Å². The van der Waals surface area contributed by atoms with E-state index in [1.807, 2.05) is 30.3 Å². The van der Waals surface area contributed by atoms with Crippen molar-refractivity contribution in [3.63, 3.8) is 0 Å². The maximum atomic E-state index is 12.4. The SMILES string of the molecule is C/C(=N/NC(=O)[C@H](C)Nc1nc2ccccc2s1)c1ccc2c(c1)NC(=O)CO2. The summed E-state index contributed by atoms with van der Waals surface area (Å²) in [6.07, 6.45) is 0. The van der Waals surface area contributed by atoms with Crippen LogP contribution >= 0.6 is 11.3 Å². The van der Waals surface area contributed by atoms with Gasteiger partial charge in [-0.2, -0.15) is 5.10 Å². The molecule has 1 aromatic heterocycles. The van der Waals surface area contributed by atoms with Gasteiger partial charge in [-0.05, 0) is 49.7 Å². The normalized spacial score (nSPS) is 14.6. The van der Waals surface area contributed by atoms with E-state index in [1.54, 1.807) is 26.0 Å². The number of nitrogens with one attached hydrogen (secondary N) is 3. The molecule has 1 aliphatic heterocycles. The molecular formula is C20H19N5O3S. The third-order valence-electron chi connectivity index (χ3n) is 4.39. The fourth-order valence-corrected chi connectivity index (χ4v) is 3.75. The van der Waals surface area contributed by atoms with E-state index in [1.165, 1.54) is 11.3 Å². The minimum atomic E-state index is -0.511. The van der Waals surface area contributed by atoms with Gasteiger partial charge in [0.05, 0.1) is 21.6 Å². The smallest absolute Gasteiger partial charge is 0.262 e. The topological polar surface area (TPSA) is 105 Å². The van der Waals surface area contributed by atoms with E-state index in [-0.39, 0.29) is 18.4 Å². The van der Waals surface area contributed by atoms with E-state index in [4.69, 9.17) is 4.74 Å². The number of thiazole rings is 1. The molecule has 0 unspecified atom stereocenters. The molecule has 1 atom stereocenters. The molecule has 4 rings (SSSR count). The van der Waals surface area contributed by atoms with Crippen molar-refractivity contribution in [3.05, 3.63) is 48.0 Å². The summed E-state index contributed by atoms with van der Waals surface area (Å²) in [5.74, 6) is 0.129. The van der Waals surface area contributed by atoms with Gasteiger partial charge in [-0.15, -0.1) is 0 Å². The Morgan fingerprint density at radius 3 is 2.97 bits per heavy atom. The standard InChI is InChI=1S/C20H19N5O3S/c1-11(13-7-8-16-15(9-13)22-18(26)10-28-16)24-25-19(27)12(2)21-20-23-14-5-3-4-6-17(14)29-20/h3-9,12H,10H2,1-2H3,(H,21,23)(H,22,26)(H,25,27)/b24-11-/t12-/m0/s1. The molecule has 2 heterocycles. The number of ether oxygens (including phenoxy) is 1. The third-order valence-corrected chi connectivity index (χ3v) is 5.36. The summed E-state index contributed by atoms with van der Waals surface area (Å²) in [5, 5.41) is 10.7. The van der Waals surface area contributed by atoms with Crippen LogP contribution in [0.2, 0.25) is 0 Å². The third kappa shape index (κ3) is 4.19. The van der Waals surface area contributed by atoms with E-state index in [0.29, 0.717) is 22.3 Å². The highest BCUT2D eigenvalue weighted by atomic mass is 32.1. The predicted molar refractivity (Wildman–Crippen MR) is 114 cm³/mol. The molecule has 0 radical (unpaired) electrons. The van der Waals surface area contributed by atoms with Crippen molar-refractivity contribution < 1.29 is 14.3 Å². The summed E-state index contributed by atoms with van der Waals surface area (Å²) in [4.78, 5) is 28.3. The van der Waals surface area contributed by atoms with Crippen molar-refractivity contribution >= 4 is 49.9 Å². The van der Waals surface area contributed by atoms with Crippen LogP contribution < -0.4 is 20.8 Å². The lowest BCUT2D eigenvalue weighted by molar-refractivity contribution is -0.121. The number of benzene rings is 2. The monoisotopic (exact) mass is 409 g/mol. The van der Waals surface area contributed by atoms with Crippen molar-refractivity contribution in [2.24, 2.45) is 5.10 Å². The van der Waals surface area contributed by atoms with Gasteiger partial charge in [-0.25, -0.2) is 10.4 Å². The number of fused-ring (bicyclic) bond motifs is 2. The van der Waals surface area contributed by atoms with Gasteiger partial charge in [0, 0.05) is 0 Å². The van der Waals surface area contributed by atoms with Crippen LogP contribution in [-0.2, 0) is 9.59 Å². The number of para-hydroxylation sites is 1. The lowest BCUT2D eigenvalue weighted by Crippen LogP contribution is -2.35. The minimum absolute atomic E-state index is 0.00895. The summed E-state index contributed by atoms with van der Waals surface area (Å²) >= 11 is 1.49. The summed E-state index contributed by atoms with van der Waals surface area (Å²) in [6.45, 7) is 3.53. The molecule has 9 heteroatoms. The first-order valence-corrected chi connectivity index (χ1v) is 9.84. The van der Waals surface area contributed by atoms with E-state index in [9.17, 15) is 9.59 Å². The Bertz CT molecular complexity index is 1090. The van der Waals surface area contributed by atoms with Crippen molar-refractivity contribution in [3.8, 4) is 5.75 Å². The first kappa shape index (κ1) is 18.9. The van der Waals surface area contributed by atoms with Crippen LogP contribution in [0.25, 0.3) is 10.2 Å². The molecule has 3 N–H and O–H groups in total. The molecule has 0 spiro atoms. The zero-order chi connectivity index (χ0) is 20.4. The van der Waals surface area contributed by atoms with E-state index >= 15 is 0 Å². The van der Waals surface area contributed by atoms with Crippen molar-refractivity contribution in [2.45, 2.75) is 19.9 Å². The van der Waals surface area contributed by atoms with E-state index in [2.05, 4.69) is 26.1 Å². The number of carbonyl (C=O) groups excluding carboxylic acids is 2. The average Bonchev–Trinajstić information content (AvgIpc) is 3.13. The Kier molecular flexibility index (Phi) is 5.13. The van der Waals surface area contributed by atoms with Gasteiger partial charge in [0.15, 0.2) is 11.7 Å². The van der Waals surface area contributed by atoms with E-state index < -0.39 is 6.04 Å². The van der Waals surface area contributed by atoms with Crippen LogP contribution in [0.15, 0.2) is 47.6 Å². The summed E-state index contributed by atoms with van der Waals surface area (Å²) in [6, 6.07) is 12.6. The molecule has 0 saturated carbocycles. The average molecular weight is 409 g/mol. The van der Waals surface area contributed by atoms with Gasteiger partial charge in [0.1, 0.15) is 11.8 Å². The summed E-state index contributed by atoms with van der Waals surface area (Å²) < 4.78 is 6.40. The highest BCUT2D eigenvalue weighted by Gasteiger charge is 2.17. The second-order valence-electron chi connectivity index (χ2n) is 6.57. The molecule has 8 nitrogen and oxygen atoms in total. The molecule has 2 amide bonds. The lowest BCUT2D eigenvalue weighted by Gasteiger charge is -2.18. The fourth-order valence-electron chi connectivity index (χ4n) is 2.79. The summed E-state index contributed by atoms with van der Waals surface area (Å²) in [7, 11) is 0. The zero-order valence-electron chi connectivity index (χ0n) is 15.9. The number of nitrogens with zero attached hydrogens (tertiary/aromatic N) is 2. The molecule has 148 valence electrons. The Labute approximate surface area is 171 Å². The number of anilines is 2. The Balaban J connectivity index is 1.40. The largest absolute Gasteiger partial charge is 0.482 e. The maximum absolute atomic E-state index is 12.4. The van der Waals surface area contributed by atoms with Gasteiger partial charge in [0.25, 0.3) is 11.8 Å². The Morgan fingerprint density at radius 2 is 2.14 bits per heavy atom.